The number of rotatable bonds is 4. The molecule has 1 amide bonds. The normalized spacial score (nSPS) is 12.7. The highest BCUT2D eigenvalue weighted by atomic mass is 16.7. The molecule has 5 heteroatoms. The van der Waals surface area contributed by atoms with Crippen molar-refractivity contribution >= 4 is 5.91 Å². The number of aliphatic hydroxyl groups is 2. The van der Waals surface area contributed by atoms with E-state index in [0.29, 0.717) is 0 Å². The third-order valence-corrected chi connectivity index (χ3v) is 0.746. The zero-order valence-corrected chi connectivity index (χ0v) is 5.70. The fourth-order valence-electron chi connectivity index (χ4n) is 0.253. The van der Waals surface area contributed by atoms with Gasteiger partial charge in [0.1, 0.15) is 6.10 Å². The Morgan fingerprint density at radius 2 is 2.40 bits per heavy atom. The fourth-order valence-corrected chi connectivity index (χ4v) is 0.253. The molecule has 3 N–H and O–H groups in total. The van der Waals surface area contributed by atoms with Gasteiger partial charge in [0, 0.05) is 0 Å². The van der Waals surface area contributed by atoms with Gasteiger partial charge in [0.15, 0.2) is 0 Å². The van der Waals surface area contributed by atoms with E-state index in [9.17, 15) is 4.79 Å². The van der Waals surface area contributed by atoms with Gasteiger partial charge in [-0.2, -0.15) is 0 Å². The van der Waals surface area contributed by atoms with E-state index in [-0.39, 0.29) is 13.2 Å². The predicted octanol–water partition coefficient (Wildman–Crippen LogP) is -1.59. The number of carbonyl (C=O) groups excluding carboxylic acids is 1. The van der Waals surface area contributed by atoms with Gasteiger partial charge in [-0.1, -0.05) is 0 Å². The Kier molecular flexibility index (Phi) is 4.82. The number of aliphatic hydroxyl groups excluding tert-OH is 2. The van der Waals surface area contributed by atoms with Crippen molar-refractivity contribution in [3.8, 4) is 0 Å². The summed E-state index contributed by atoms with van der Waals surface area (Å²) in [7, 11) is 0. The van der Waals surface area contributed by atoms with Crippen molar-refractivity contribution in [1.82, 2.24) is 5.48 Å². The first-order valence-electron chi connectivity index (χ1n) is 2.89. The molecule has 0 radical (unpaired) electrons. The maximum absolute atomic E-state index is 10.4. The van der Waals surface area contributed by atoms with E-state index in [2.05, 4.69) is 4.84 Å². The van der Waals surface area contributed by atoms with Crippen LogP contribution in [0.5, 0.6) is 0 Å². The molecule has 10 heavy (non-hydrogen) atoms. The molecule has 0 fully saturated rings. The quantitative estimate of drug-likeness (QED) is 0.332. The van der Waals surface area contributed by atoms with Gasteiger partial charge in [0.2, 0.25) is 0 Å². The lowest BCUT2D eigenvalue weighted by molar-refractivity contribution is -0.142. The van der Waals surface area contributed by atoms with Crippen LogP contribution in [0.4, 0.5) is 0 Å². The average molecular weight is 149 g/mol. The summed E-state index contributed by atoms with van der Waals surface area (Å²) < 4.78 is 0. The van der Waals surface area contributed by atoms with Crippen molar-refractivity contribution in [2.45, 2.75) is 13.0 Å². The molecular weight excluding hydrogens is 138 g/mol. The summed E-state index contributed by atoms with van der Waals surface area (Å²) in [5.41, 5.74) is 1.93. The zero-order valence-electron chi connectivity index (χ0n) is 5.70. The van der Waals surface area contributed by atoms with E-state index in [1.165, 1.54) is 6.92 Å². The lowest BCUT2D eigenvalue weighted by atomic mass is 10.4. The van der Waals surface area contributed by atoms with E-state index in [1.54, 1.807) is 0 Å². The Morgan fingerprint density at radius 3 is 2.80 bits per heavy atom. The van der Waals surface area contributed by atoms with Gasteiger partial charge < -0.3 is 10.2 Å². The Bertz CT molecular complexity index is 104. The molecule has 60 valence electrons. The van der Waals surface area contributed by atoms with Crippen LogP contribution in [0.2, 0.25) is 0 Å². The first-order valence-corrected chi connectivity index (χ1v) is 2.89. The highest BCUT2D eigenvalue weighted by molar-refractivity contribution is 5.78. The molecule has 0 aliphatic heterocycles. The molecule has 0 aromatic rings. The summed E-state index contributed by atoms with van der Waals surface area (Å²) in [4.78, 5) is 14.8. The number of hydrogen-bond donors (Lipinski definition) is 3. The van der Waals surface area contributed by atoms with Gasteiger partial charge in [-0.3, -0.25) is 9.63 Å². The molecule has 0 saturated carbocycles. The fraction of sp³-hybridized carbons (Fsp3) is 0.800. The van der Waals surface area contributed by atoms with Gasteiger partial charge in [-0.05, 0) is 6.92 Å². The van der Waals surface area contributed by atoms with Gasteiger partial charge in [-0.15, -0.1) is 0 Å². The van der Waals surface area contributed by atoms with Crippen LogP contribution in [-0.2, 0) is 9.63 Å². The molecular formula is C5H11NO4. The molecule has 0 saturated heterocycles. The van der Waals surface area contributed by atoms with E-state index < -0.39 is 12.0 Å². The molecule has 0 heterocycles. The first-order chi connectivity index (χ1) is 4.68. The van der Waals surface area contributed by atoms with Crippen molar-refractivity contribution in [2.75, 3.05) is 13.2 Å². The minimum absolute atomic E-state index is 0.0263. The molecule has 0 aromatic carbocycles. The zero-order chi connectivity index (χ0) is 7.98. The molecule has 0 aliphatic carbocycles. The summed E-state index contributed by atoms with van der Waals surface area (Å²) >= 11 is 0. The van der Waals surface area contributed by atoms with E-state index >= 15 is 0 Å². The highest BCUT2D eigenvalue weighted by Gasteiger charge is 2.06. The minimum atomic E-state index is -1.08. The van der Waals surface area contributed by atoms with E-state index in [1.807, 2.05) is 5.48 Å². The van der Waals surface area contributed by atoms with Crippen molar-refractivity contribution in [1.29, 1.82) is 0 Å². The van der Waals surface area contributed by atoms with Gasteiger partial charge in [0.25, 0.3) is 5.91 Å². The van der Waals surface area contributed by atoms with Gasteiger partial charge in [0.05, 0.1) is 13.2 Å². The minimum Gasteiger partial charge on any atom is -0.394 e. The summed E-state index contributed by atoms with van der Waals surface area (Å²) in [5.74, 6) is -0.617. The summed E-state index contributed by atoms with van der Waals surface area (Å²) in [5, 5.41) is 16.7. The van der Waals surface area contributed by atoms with E-state index in [0.717, 1.165) is 0 Å². The van der Waals surface area contributed by atoms with Crippen LogP contribution < -0.4 is 5.48 Å². The maximum Gasteiger partial charge on any atom is 0.272 e. The summed E-state index contributed by atoms with van der Waals surface area (Å²) in [6, 6.07) is 0. The SMILES string of the molecule is C[C@@H](O)C(=O)NOCCO. The largest absolute Gasteiger partial charge is 0.394 e. The second-order valence-electron chi connectivity index (χ2n) is 1.71. The van der Waals surface area contributed by atoms with Crippen molar-refractivity contribution in [3.63, 3.8) is 0 Å². The molecule has 0 spiro atoms. The highest BCUT2D eigenvalue weighted by Crippen LogP contribution is 1.78. The van der Waals surface area contributed by atoms with Crippen LogP contribution >= 0.6 is 0 Å². The summed E-state index contributed by atoms with van der Waals surface area (Å²) in [6.07, 6.45) is -1.08. The van der Waals surface area contributed by atoms with Crippen LogP contribution in [0.15, 0.2) is 0 Å². The van der Waals surface area contributed by atoms with Gasteiger partial charge >= 0.3 is 0 Å². The van der Waals surface area contributed by atoms with Crippen LogP contribution in [0.3, 0.4) is 0 Å². The Morgan fingerprint density at radius 1 is 1.80 bits per heavy atom. The van der Waals surface area contributed by atoms with Crippen LogP contribution in [0.1, 0.15) is 6.92 Å². The van der Waals surface area contributed by atoms with Crippen LogP contribution in [0.25, 0.3) is 0 Å². The third-order valence-electron chi connectivity index (χ3n) is 0.746. The molecule has 0 bridgehead atoms. The van der Waals surface area contributed by atoms with Crippen molar-refractivity contribution in [2.24, 2.45) is 0 Å². The number of carbonyl (C=O) groups is 1. The number of hydrogen-bond acceptors (Lipinski definition) is 4. The van der Waals surface area contributed by atoms with Gasteiger partial charge in [-0.25, -0.2) is 5.48 Å². The monoisotopic (exact) mass is 149 g/mol. The summed E-state index contributed by atoms with van der Waals surface area (Å²) in [6.45, 7) is 1.18. The van der Waals surface area contributed by atoms with Crippen LogP contribution in [-0.4, -0.2) is 35.4 Å². The first kappa shape index (κ1) is 9.35. The predicted molar refractivity (Wildman–Crippen MR) is 32.9 cm³/mol. The van der Waals surface area contributed by atoms with Crippen LogP contribution in [0, 0.1) is 0 Å². The molecule has 0 rings (SSSR count). The molecule has 1 atom stereocenters. The molecule has 5 nitrogen and oxygen atoms in total. The van der Waals surface area contributed by atoms with Crippen molar-refractivity contribution < 1.29 is 19.8 Å². The Balaban J connectivity index is 3.22. The number of nitrogens with one attached hydrogen (secondary N) is 1. The van der Waals surface area contributed by atoms with Crippen molar-refractivity contribution in [3.05, 3.63) is 0 Å². The molecule has 0 aromatic heterocycles. The number of hydroxylamine groups is 1. The Labute approximate surface area is 58.6 Å². The topological polar surface area (TPSA) is 78.8 Å². The molecule has 0 aliphatic rings. The maximum atomic E-state index is 10.4. The smallest absolute Gasteiger partial charge is 0.272 e. The average Bonchev–Trinajstić information content (AvgIpc) is 1.88. The second kappa shape index (κ2) is 5.16. The lowest BCUT2D eigenvalue weighted by Gasteiger charge is -2.04. The van der Waals surface area contributed by atoms with E-state index in [4.69, 9.17) is 10.2 Å². The third kappa shape index (κ3) is 4.25. The molecule has 0 unspecified atom stereocenters. The standard InChI is InChI=1S/C5H11NO4/c1-4(8)5(9)6-10-3-2-7/h4,7-8H,2-3H2,1H3,(H,6,9)/t4-/m1/s1. The second-order valence-corrected chi connectivity index (χ2v) is 1.71. The Hall–Kier alpha value is -0.650. The number of amides is 1. The lowest BCUT2D eigenvalue weighted by Crippen LogP contribution is -2.33.